The minimum Gasteiger partial charge on any atom is -0.315 e. The van der Waals surface area contributed by atoms with Gasteiger partial charge in [-0.3, -0.25) is 4.90 Å². The van der Waals surface area contributed by atoms with Crippen LogP contribution < -0.4 is 5.32 Å². The number of hydrogen-bond acceptors (Lipinski definition) is 3. The Hall–Kier alpha value is -0.510. The predicted molar refractivity (Wildman–Crippen MR) is 81.2 cm³/mol. The third-order valence-electron chi connectivity index (χ3n) is 3.49. The largest absolute Gasteiger partial charge is 0.315 e. The van der Waals surface area contributed by atoms with E-state index in [9.17, 15) is 0 Å². The summed E-state index contributed by atoms with van der Waals surface area (Å²) in [5, 5.41) is 4.27. The van der Waals surface area contributed by atoms with Crippen molar-refractivity contribution in [2.75, 3.05) is 31.9 Å². The SMILES string of the molecule is CCNCC(c1ccccc1)N1CCSC(C)C1. The van der Waals surface area contributed by atoms with E-state index in [-0.39, 0.29) is 0 Å². The predicted octanol–water partition coefficient (Wildman–Crippen LogP) is 2.77. The fourth-order valence-electron chi connectivity index (χ4n) is 2.54. The van der Waals surface area contributed by atoms with Crippen molar-refractivity contribution in [1.29, 1.82) is 0 Å². The normalized spacial score (nSPS) is 22.9. The Balaban J connectivity index is 2.09. The Morgan fingerprint density at radius 1 is 1.39 bits per heavy atom. The van der Waals surface area contributed by atoms with Crippen LogP contribution in [0.1, 0.15) is 25.5 Å². The molecule has 0 saturated carbocycles. The molecule has 3 heteroatoms. The summed E-state index contributed by atoms with van der Waals surface area (Å²) in [6.07, 6.45) is 0. The van der Waals surface area contributed by atoms with Gasteiger partial charge >= 0.3 is 0 Å². The summed E-state index contributed by atoms with van der Waals surface area (Å²) in [5.74, 6) is 1.26. The molecule has 1 N–H and O–H groups in total. The molecule has 1 aromatic rings. The molecule has 0 aromatic heterocycles. The number of likely N-dealkylation sites (N-methyl/N-ethyl adjacent to an activating group) is 1. The van der Waals surface area contributed by atoms with Crippen LogP contribution in [-0.2, 0) is 0 Å². The van der Waals surface area contributed by atoms with Gasteiger partial charge in [-0.15, -0.1) is 0 Å². The van der Waals surface area contributed by atoms with Gasteiger partial charge in [-0.05, 0) is 12.1 Å². The van der Waals surface area contributed by atoms with E-state index in [0.29, 0.717) is 6.04 Å². The van der Waals surface area contributed by atoms with Crippen LogP contribution in [0.2, 0.25) is 0 Å². The topological polar surface area (TPSA) is 15.3 Å². The molecular formula is C15H24N2S. The third-order valence-corrected chi connectivity index (χ3v) is 4.62. The summed E-state index contributed by atoms with van der Waals surface area (Å²) in [6.45, 7) is 9.03. The first-order chi connectivity index (χ1) is 8.81. The molecular weight excluding hydrogens is 240 g/mol. The first-order valence-electron chi connectivity index (χ1n) is 6.92. The van der Waals surface area contributed by atoms with Crippen LogP contribution in [0.3, 0.4) is 0 Å². The van der Waals surface area contributed by atoms with Gasteiger partial charge in [0.15, 0.2) is 0 Å². The molecule has 0 bridgehead atoms. The molecule has 0 spiro atoms. The lowest BCUT2D eigenvalue weighted by Gasteiger charge is -2.37. The average molecular weight is 264 g/mol. The smallest absolute Gasteiger partial charge is 0.0473 e. The highest BCUT2D eigenvalue weighted by atomic mass is 32.2. The molecule has 1 aliphatic heterocycles. The number of rotatable bonds is 5. The lowest BCUT2D eigenvalue weighted by atomic mass is 10.0. The molecule has 2 unspecified atom stereocenters. The third kappa shape index (κ3) is 3.74. The molecule has 2 atom stereocenters. The highest BCUT2D eigenvalue weighted by Gasteiger charge is 2.24. The zero-order chi connectivity index (χ0) is 12.8. The van der Waals surface area contributed by atoms with Crippen molar-refractivity contribution < 1.29 is 0 Å². The average Bonchev–Trinajstić information content (AvgIpc) is 2.40. The van der Waals surface area contributed by atoms with Crippen LogP contribution >= 0.6 is 11.8 Å². The van der Waals surface area contributed by atoms with E-state index in [1.807, 2.05) is 0 Å². The number of nitrogens with one attached hydrogen (secondary N) is 1. The minimum atomic E-state index is 0.523. The van der Waals surface area contributed by atoms with Crippen molar-refractivity contribution >= 4 is 11.8 Å². The summed E-state index contributed by atoms with van der Waals surface area (Å²) in [5.41, 5.74) is 1.44. The number of nitrogens with zero attached hydrogens (tertiary/aromatic N) is 1. The van der Waals surface area contributed by atoms with Gasteiger partial charge in [-0.1, -0.05) is 44.2 Å². The van der Waals surface area contributed by atoms with Crippen molar-refractivity contribution in [3.8, 4) is 0 Å². The molecule has 0 amide bonds. The van der Waals surface area contributed by atoms with Crippen molar-refractivity contribution in [3.05, 3.63) is 35.9 Å². The maximum Gasteiger partial charge on any atom is 0.0473 e. The molecule has 18 heavy (non-hydrogen) atoms. The molecule has 1 heterocycles. The van der Waals surface area contributed by atoms with Gasteiger partial charge in [-0.25, -0.2) is 0 Å². The summed E-state index contributed by atoms with van der Waals surface area (Å²) < 4.78 is 0. The van der Waals surface area contributed by atoms with Crippen LogP contribution in [-0.4, -0.2) is 42.1 Å². The molecule has 0 aliphatic carbocycles. The van der Waals surface area contributed by atoms with Crippen LogP contribution in [0, 0.1) is 0 Å². The highest BCUT2D eigenvalue weighted by molar-refractivity contribution is 7.99. The fraction of sp³-hybridized carbons (Fsp3) is 0.600. The molecule has 100 valence electrons. The molecule has 1 aromatic carbocycles. The van der Waals surface area contributed by atoms with E-state index in [1.165, 1.54) is 24.4 Å². The maximum absolute atomic E-state index is 3.51. The molecule has 2 nitrogen and oxygen atoms in total. The highest BCUT2D eigenvalue weighted by Crippen LogP contribution is 2.26. The number of hydrogen-bond donors (Lipinski definition) is 1. The number of benzene rings is 1. The Labute approximate surface area is 115 Å². The van der Waals surface area contributed by atoms with E-state index >= 15 is 0 Å². The second-order valence-corrected chi connectivity index (χ2v) is 6.46. The zero-order valence-electron chi connectivity index (χ0n) is 11.4. The van der Waals surface area contributed by atoms with Gasteiger partial charge in [0.25, 0.3) is 0 Å². The van der Waals surface area contributed by atoms with E-state index in [4.69, 9.17) is 0 Å². The minimum absolute atomic E-state index is 0.523. The second kappa shape index (κ2) is 7.17. The van der Waals surface area contributed by atoms with Crippen LogP contribution in [0.25, 0.3) is 0 Å². The Morgan fingerprint density at radius 2 is 2.17 bits per heavy atom. The van der Waals surface area contributed by atoms with Crippen molar-refractivity contribution in [1.82, 2.24) is 10.2 Å². The lowest BCUT2D eigenvalue weighted by Crippen LogP contribution is -2.43. The van der Waals surface area contributed by atoms with Gasteiger partial charge in [0.05, 0.1) is 0 Å². The van der Waals surface area contributed by atoms with Gasteiger partial charge in [0, 0.05) is 36.7 Å². The Kier molecular flexibility index (Phi) is 5.54. The van der Waals surface area contributed by atoms with Gasteiger partial charge < -0.3 is 5.32 Å². The zero-order valence-corrected chi connectivity index (χ0v) is 12.2. The quantitative estimate of drug-likeness (QED) is 0.880. The Bertz CT molecular complexity index is 342. The molecule has 2 rings (SSSR count). The van der Waals surface area contributed by atoms with Crippen molar-refractivity contribution in [2.24, 2.45) is 0 Å². The van der Waals surface area contributed by atoms with Gasteiger partial charge in [0.2, 0.25) is 0 Å². The second-order valence-electron chi connectivity index (χ2n) is 4.91. The lowest BCUT2D eigenvalue weighted by molar-refractivity contribution is 0.202. The summed E-state index contributed by atoms with van der Waals surface area (Å²) in [6, 6.07) is 11.4. The molecule has 1 aliphatic rings. The van der Waals surface area contributed by atoms with Crippen molar-refractivity contribution in [2.45, 2.75) is 25.1 Å². The summed E-state index contributed by atoms with van der Waals surface area (Å²) >= 11 is 2.10. The molecule has 1 saturated heterocycles. The summed E-state index contributed by atoms with van der Waals surface area (Å²) in [4.78, 5) is 2.64. The molecule has 0 radical (unpaired) electrons. The first-order valence-corrected chi connectivity index (χ1v) is 7.97. The summed E-state index contributed by atoms with van der Waals surface area (Å²) in [7, 11) is 0. The van der Waals surface area contributed by atoms with E-state index in [1.54, 1.807) is 0 Å². The number of thioether (sulfide) groups is 1. The van der Waals surface area contributed by atoms with Crippen LogP contribution in [0.15, 0.2) is 30.3 Å². The van der Waals surface area contributed by atoms with E-state index in [2.05, 4.69) is 66.2 Å². The fourth-order valence-corrected chi connectivity index (χ4v) is 3.58. The monoisotopic (exact) mass is 264 g/mol. The van der Waals surface area contributed by atoms with E-state index in [0.717, 1.165) is 18.3 Å². The van der Waals surface area contributed by atoms with Gasteiger partial charge in [0.1, 0.15) is 0 Å². The van der Waals surface area contributed by atoms with Gasteiger partial charge in [-0.2, -0.15) is 11.8 Å². The van der Waals surface area contributed by atoms with Crippen LogP contribution in [0.4, 0.5) is 0 Å². The molecule has 1 fully saturated rings. The standard InChI is InChI=1S/C15H24N2S/c1-3-16-11-15(14-7-5-4-6-8-14)17-9-10-18-13(2)12-17/h4-8,13,15-16H,3,9-12H2,1-2H3. The maximum atomic E-state index is 3.51. The van der Waals surface area contributed by atoms with Crippen LogP contribution in [0.5, 0.6) is 0 Å². The Morgan fingerprint density at radius 3 is 2.83 bits per heavy atom. The van der Waals surface area contributed by atoms with E-state index < -0.39 is 0 Å². The first kappa shape index (κ1) is 13.9. The van der Waals surface area contributed by atoms with Crippen molar-refractivity contribution in [3.63, 3.8) is 0 Å².